The van der Waals surface area contributed by atoms with Gasteiger partial charge in [0.25, 0.3) is 5.91 Å². The van der Waals surface area contributed by atoms with Crippen LogP contribution in [0.25, 0.3) is 5.69 Å². The lowest BCUT2D eigenvalue weighted by atomic mass is 10.2. The summed E-state index contributed by atoms with van der Waals surface area (Å²) in [6, 6.07) is 12.5. The van der Waals surface area contributed by atoms with Gasteiger partial charge in [0.15, 0.2) is 18.1 Å². The van der Waals surface area contributed by atoms with Crippen molar-refractivity contribution in [1.29, 1.82) is 0 Å². The van der Waals surface area contributed by atoms with Crippen LogP contribution in [-0.2, 0) is 4.79 Å². The maximum absolute atomic E-state index is 11.9. The Balaban J connectivity index is 1.53. The van der Waals surface area contributed by atoms with Crippen molar-refractivity contribution in [2.24, 2.45) is 5.10 Å². The molecule has 2 aromatic carbocycles. The van der Waals surface area contributed by atoms with E-state index in [4.69, 9.17) is 14.2 Å². The highest BCUT2D eigenvalue weighted by atomic mass is 16.5. The molecule has 10 heteroatoms. The summed E-state index contributed by atoms with van der Waals surface area (Å²) < 4.78 is 17.0. The number of benzene rings is 2. The summed E-state index contributed by atoms with van der Waals surface area (Å²) in [7, 11) is 2.87. The van der Waals surface area contributed by atoms with Crippen molar-refractivity contribution in [2.45, 2.75) is 0 Å². The molecule has 0 aliphatic heterocycles. The van der Waals surface area contributed by atoms with Crippen molar-refractivity contribution in [2.75, 3.05) is 20.8 Å². The molecule has 3 rings (SSSR count). The van der Waals surface area contributed by atoms with Crippen LogP contribution in [0.15, 0.2) is 53.9 Å². The molecule has 1 aromatic heterocycles. The van der Waals surface area contributed by atoms with Crippen LogP contribution in [0.2, 0.25) is 0 Å². The fraction of sp³-hybridized carbons (Fsp3) is 0.158. The minimum Gasteiger partial charge on any atom is -0.504 e. The van der Waals surface area contributed by atoms with Crippen molar-refractivity contribution >= 4 is 12.1 Å². The van der Waals surface area contributed by atoms with Crippen molar-refractivity contribution < 1.29 is 24.1 Å². The van der Waals surface area contributed by atoms with Gasteiger partial charge >= 0.3 is 6.01 Å². The Morgan fingerprint density at radius 1 is 1.24 bits per heavy atom. The fourth-order valence-electron chi connectivity index (χ4n) is 2.40. The quantitative estimate of drug-likeness (QED) is 0.437. The Hall–Kier alpha value is -4.08. The van der Waals surface area contributed by atoms with Gasteiger partial charge in [-0.25, -0.2) is 10.1 Å². The second-order valence-electron chi connectivity index (χ2n) is 5.66. The second kappa shape index (κ2) is 9.22. The zero-order valence-electron chi connectivity index (χ0n) is 15.8. The number of phenols is 1. The second-order valence-corrected chi connectivity index (χ2v) is 5.66. The summed E-state index contributed by atoms with van der Waals surface area (Å²) in [5.74, 6) is -0.0572. The minimum absolute atomic E-state index is 0.0674. The number of phenolic OH excluding ortho intramolecular Hbond substituents is 1. The molecule has 0 radical (unpaired) electrons. The Morgan fingerprint density at radius 3 is 2.76 bits per heavy atom. The number of nitrogens with zero attached hydrogens (tertiary/aromatic N) is 4. The standard InChI is InChI=1S/C19H19N5O5/c1-27-16-9-13(8-15(25)18(16)28-2)10-21-22-17(26)11-29-19-20-12-24(23-19)14-6-4-3-5-7-14/h3-10,12,25H,11H2,1-2H3,(H,22,26). The van der Waals surface area contributed by atoms with Crippen LogP contribution < -0.4 is 19.6 Å². The Kier molecular flexibility index (Phi) is 6.25. The zero-order valence-corrected chi connectivity index (χ0v) is 15.8. The zero-order chi connectivity index (χ0) is 20.6. The van der Waals surface area contributed by atoms with Gasteiger partial charge in [-0.05, 0) is 24.3 Å². The molecule has 0 atom stereocenters. The largest absolute Gasteiger partial charge is 0.504 e. The van der Waals surface area contributed by atoms with Gasteiger partial charge in [0, 0.05) is 5.56 Å². The summed E-state index contributed by atoms with van der Waals surface area (Å²) >= 11 is 0. The number of carbonyl (C=O) groups excluding carboxylic acids is 1. The number of hydrogen-bond acceptors (Lipinski definition) is 8. The van der Waals surface area contributed by atoms with Crippen LogP contribution in [-0.4, -0.2) is 52.8 Å². The molecule has 2 N–H and O–H groups in total. The number of methoxy groups -OCH3 is 2. The van der Waals surface area contributed by atoms with Crippen molar-refractivity contribution in [3.05, 3.63) is 54.4 Å². The molecule has 150 valence electrons. The molecule has 0 saturated carbocycles. The normalized spacial score (nSPS) is 10.7. The Bertz CT molecular complexity index is 1000. The number of nitrogens with one attached hydrogen (secondary N) is 1. The van der Waals surface area contributed by atoms with E-state index in [1.54, 1.807) is 6.07 Å². The summed E-state index contributed by atoms with van der Waals surface area (Å²) in [4.78, 5) is 15.9. The molecule has 0 aliphatic rings. The van der Waals surface area contributed by atoms with Gasteiger partial charge in [-0.2, -0.15) is 10.1 Å². The van der Waals surface area contributed by atoms with Gasteiger partial charge < -0.3 is 19.3 Å². The lowest BCUT2D eigenvalue weighted by Crippen LogP contribution is -2.24. The summed E-state index contributed by atoms with van der Waals surface area (Å²) in [5.41, 5.74) is 3.64. The molecular weight excluding hydrogens is 378 g/mol. The molecule has 0 bridgehead atoms. The van der Waals surface area contributed by atoms with E-state index in [9.17, 15) is 9.90 Å². The lowest BCUT2D eigenvalue weighted by Gasteiger charge is -2.09. The van der Waals surface area contributed by atoms with E-state index < -0.39 is 5.91 Å². The SMILES string of the molecule is COc1cc(C=NNC(=O)COc2ncn(-c3ccccc3)n2)cc(O)c1OC. The fourth-order valence-corrected chi connectivity index (χ4v) is 2.40. The number of hydrazone groups is 1. The molecule has 1 heterocycles. The highest BCUT2D eigenvalue weighted by Gasteiger charge is 2.11. The average molecular weight is 397 g/mol. The number of rotatable bonds is 8. The van der Waals surface area contributed by atoms with Crippen molar-refractivity contribution in [3.8, 4) is 28.9 Å². The van der Waals surface area contributed by atoms with Crippen molar-refractivity contribution in [3.63, 3.8) is 0 Å². The van der Waals surface area contributed by atoms with Gasteiger partial charge in [0.05, 0.1) is 26.1 Å². The molecule has 0 fully saturated rings. The monoisotopic (exact) mass is 397 g/mol. The minimum atomic E-state index is -0.498. The average Bonchev–Trinajstić information content (AvgIpc) is 3.21. The van der Waals surface area contributed by atoms with Crippen molar-refractivity contribution in [1.82, 2.24) is 20.2 Å². The highest BCUT2D eigenvalue weighted by Crippen LogP contribution is 2.36. The predicted octanol–water partition coefficient (Wildman–Crippen LogP) is 1.52. The van der Waals surface area contributed by atoms with E-state index in [-0.39, 0.29) is 24.1 Å². The van der Waals surface area contributed by atoms with E-state index >= 15 is 0 Å². The third kappa shape index (κ3) is 5.01. The Morgan fingerprint density at radius 2 is 2.03 bits per heavy atom. The van der Waals surface area contributed by atoms with Gasteiger partial charge in [0.2, 0.25) is 5.75 Å². The molecule has 1 amide bonds. The van der Waals surface area contributed by atoms with E-state index in [1.165, 1.54) is 37.5 Å². The van der Waals surface area contributed by atoms with Crippen LogP contribution in [0, 0.1) is 0 Å². The first-order valence-electron chi connectivity index (χ1n) is 8.47. The molecule has 0 aliphatic carbocycles. The van der Waals surface area contributed by atoms with E-state index in [0.29, 0.717) is 11.3 Å². The van der Waals surface area contributed by atoms with Gasteiger partial charge in [0.1, 0.15) is 6.33 Å². The van der Waals surface area contributed by atoms with Gasteiger partial charge in [-0.3, -0.25) is 4.79 Å². The van der Waals surface area contributed by atoms with Crippen LogP contribution in [0.5, 0.6) is 23.3 Å². The van der Waals surface area contributed by atoms with Crippen LogP contribution in [0.3, 0.4) is 0 Å². The summed E-state index contributed by atoms with van der Waals surface area (Å²) in [5, 5.41) is 17.9. The maximum atomic E-state index is 11.9. The number of aromatic hydroxyl groups is 1. The van der Waals surface area contributed by atoms with Crippen LogP contribution in [0.1, 0.15) is 5.56 Å². The summed E-state index contributed by atoms with van der Waals surface area (Å²) in [6.45, 7) is -0.312. The molecule has 0 saturated heterocycles. The van der Waals surface area contributed by atoms with E-state index in [0.717, 1.165) is 5.69 Å². The number of ether oxygens (including phenoxy) is 3. The first kappa shape index (κ1) is 19.7. The van der Waals surface area contributed by atoms with Gasteiger partial charge in [-0.1, -0.05) is 18.2 Å². The number of para-hydroxylation sites is 1. The third-order valence-electron chi connectivity index (χ3n) is 3.71. The first-order valence-corrected chi connectivity index (χ1v) is 8.47. The van der Waals surface area contributed by atoms with Crippen LogP contribution >= 0.6 is 0 Å². The molecule has 0 spiro atoms. The Labute approximate surface area is 166 Å². The molecule has 0 unspecified atom stereocenters. The van der Waals surface area contributed by atoms with E-state index in [2.05, 4.69) is 20.6 Å². The number of carbonyl (C=O) groups is 1. The predicted molar refractivity (Wildman–Crippen MR) is 104 cm³/mol. The summed E-state index contributed by atoms with van der Waals surface area (Å²) in [6.07, 6.45) is 2.84. The van der Waals surface area contributed by atoms with E-state index in [1.807, 2.05) is 30.3 Å². The van der Waals surface area contributed by atoms with Gasteiger partial charge in [-0.15, -0.1) is 5.10 Å². The molecular formula is C19H19N5O5. The topological polar surface area (TPSA) is 120 Å². The molecule has 29 heavy (non-hydrogen) atoms. The van der Waals surface area contributed by atoms with Crippen LogP contribution in [0.4, 0.5) is 0 Å². The third-order valence-corrected chi connectivity index (χ3v) is 3.71. The first-order chi connectivity index (χ1) is 14.1. The number of amides is 1. The maximum Gasteiger partial charge on any atom is 0.336 e. The number of hydrogen-bond donors (Lipinski definition) is 2. The lowest BCUT2D eigenvalue weighted by molar-refractivity contribution is -0.123. The number of aromatic nitrogens is 3. The molecule has 3 aromatic rings. The molecule has 10 nitrogen and oxygen atoms in total. The highest BCUT2D eigenvalue weighted by molar-refractivity contribution is 5.84. The smallest absolute Gasteiger partial charge is 0.336 e.